The molecule has 1 saturated carbocycles. The molecule has 1 fully saturated rings. The summed E-state index contributed by atoms with van der Waals surface area (Å²) in [7, 11) is 0. The fourth-order valence-corrected chi connectivity index (χ4v) is 3.22. The standard InChI is InChI=1S/C14H19ClFN/c1-10-5-6-14(7-10,9-17)8-11-12(15)3-2-4-13(11)16/h2-4,10H,5-9,17H2,1H3. The van der Waals surface area contributed by atoms with Crippen LogP contribution in [0.5, 0.6) is 0 Å². The number of halogens is 2. The van der Waals surface area contributed by atoms with Gasteiger partial charge in [0.15, 0.2) is 0 Å². The number of hydrogen-bond donors (Lipinski definition) is 1. The third-order valence-electron chi connectivity index (χ3n) is 4.00. The average Bonchev–Trinajstić information content (AvgIpc) is 2.67. The summed E-state index contributed by atoms with van der Waals surface area (Å²) in [6, 6.07) is 4.87. The van der Waals surface area contributed by atoms with Crippen molar-refractivity contribution < 1.29 is 4.39 Å². The van der Waals surface area contributed by atoms with E-state index in [4.69, 9.17) is 17.3 Å². The molecule has 0 saturated heterocycles. The third-order valence-corrected chi connectivity index (χ3v) is 4.35. The van der Waals surface area contributed by atoms with Crippen molar-refractivity contribution in [3.05, 3.63) is 34.6 Å². The van der Waals surface area contributed by atoms with Gasteiger partial charge >= 0.3 is 0 Å². The van der Waals surface area contributed by atoms with Gasteiger partial charge in [-0.15, -0.1) is 0 Å². The lowest BCUT2D eigenvalue weighted by Gasteiger charge is -2.28. The number of nitrogens with two attached hydrogens (primary N) is 1. The normalized spacial score (nSPS) is 28.6. The average molecular weight is 256 g/mol. The Morgan fingerprint density at radius 3 is 2.82 bits per heavy atom. The van der Waals surface area contributed by atoms with E-state index in [1.165, 1.54) is 12.5 Å². The molecule has 2 rings (SSSR count). The Bertz CT molecular complexity index is 387. The van der Waals surface area contributed by atoms with E-state index < -0.39 is 0 Å². The summed E-state index contributed by atoms with van der Waals surface area (Å²) in [5.74, 6) is 0.481. The molecule has 3 heteroatoms. The van der Waals surface area contributed by atoms with Crippen molar-refractivity contribution in [1.82, 2.24) is 0 Å². The predicted molar refractivity (Wildman–Crippen MR) is 69.6 cm³/mol. The second-order valence-electron chi connectivity index (χ2n) is 5.43. The van der Waals surface area contributed by atoms with Gasteiger partial charge in [0.2, 0.25) is 0 Å². The Hall–Kier alpha value is -0.600. The molecule has 0 spiro atoms. The van der Waals surface area contributed by atoms with Gasteiger partial charge in [0.1, 0.15) is 5.82 Å². The van der Waals surface area contributed by atoms with Crippen molar-refractivity contribution in [2.24, 2.45) is 17.1 Å². The van der Waals surface area contributed by atoms with Crippen LogP contribution in [0.3, 0.4) is 0 Å². The third kappa shape index (κ3) is 2.63. The van der Waals surface area contributed by atoms with Gasteiger partial charge in [-0.25, -0.2) is 4.39 Å². The first-order chi connectivity index (χ1) is 8.06. The van der Waals surface area contributed by atoms with Gasteiger partial charge in [-0.2, -0.15) is 0 Å². The molecule has 1 aromatic rings. The minimum Gasteiger partial charge on any atom is -0.330 e. The summed E-state index contributed by atoms with van der Waals surface area (Å²) in [6.07, 6.45) is 4.01. The molecule has 0 heterocycles. The zero-order chi connectivity index (χ0) is 12.5. The molecule has 94 valence electrons. The second kappa shape index (κ2) is 4.95. The van der Waals surface area contributed by atoms with Gasteiger partial charge in [0, 0.05) is 10.6 Å². The summed E-state index contributed by atoms with van der Waals surface area (Å²) < 4.78 is 13.8. The first-order valence-corrected chi connectivity index (χ1v) is 6.57. The fourth-order valence-electron chi connectivity index (χ4n) is 2.99. The minimum absolute atomic E-state index is 0.0469. The van der Waals surface area contributed by atoms with Crippen LogP contribution in [0, 0.1) is 17.2 Å². The van der Waals surface area contributed by atoms with Crippen LogP contribution in [-0.4, -0.2) is 6.54 Å². The minimum atomic E-state index is -0.204. The van der Waals surface area contributed by atoms with E-state index in [1.54, 1.807) is 12.1 Å². The maximum Gasteiger partial charge on any atom is 0.127 e. The molecular weight excluding hydrogens is 237 g/mol. The Balaban J connectivity index is 2.25. The van der Waals surface area contributed by atoms with Gasteiger partial charge in [-0.1, -0.05) is 31.0 Å². The smallest absolute Gasteiger partial charge is 0.127 e. The van der Waals surface area contributed by atoms with Gasteiger partial charge < -0.3 is 5.73 Å². The molecule has 17 heavy (non-hydrogen) atoms. The Labute approximate surface area is 107 Å². The van der Waals surface area contributed by atoms with Crippen molar-refractivity contribution in [3.8, 4) is 0 Å². The lowest BCUT2D eigenvalue weighted by Crippen LogP contribution is -2.30. The Morgan fingerprint density at radius 1 is 1.53 bits per heavy atom. The summed E-state index contributed by atoms with van der Waals surface area (Å²) in [6.45, 7) is 2.85. The van der Waals surface area contributed by atoms with E-state index >= 15 is 0 Å². The van der Waals surface area contributed by atoms with Crippen molar-refractivity contribution >= 4 is 11.6 Å². The molecule has 2 atom stereocenters. The lowest BCUT2D eigenvalue weighted by atomic mass is 9.79. The van der Waals surface area contributed by atoms with E-state index in [0.717, 1.165) is 12.8 Å². The molecule has 1 nitrogen and oxygen atoms in total. The van der Waals surface area contributed by atoms with E-state index in [1.807, 2.05) is 0 Å². The molecule has 0 amide bonds. The van der Waals surface area contributed by atoms with Crippen LogP contribution in [0.25, 0.3) is 0 Å². The van der Waals surface area contributed by atoms with Gasteiger partial charge in [-0.3, -0.25) is 0 Å². The van der Waals surface area contributed by atoms with Crippen LogP contribution in [-0.2, 0) is 6.42 Å². The maximum absolute atomic E-state index is 13.8. The Kier molecular flexibility index (Phi) is 3.74. The molecule has 0 aromatic heterocycles. The highest BCUT2D eigenvalue weighted by molar-refractivity contribution is 6.31. The van der Waals surface area contributed by atoms with Crippen molar-refractivity contribution in [3.63, 3.8) is 0 Å². The fraction of sp³-hybridized carbons (Fsp3) is 0.571. The molecule has 0 aliphatic heterocycles. The zero-order valence-corrected chi connectivity index (χ0v) is 10.9. The highest BCUT2D eigenvalue weighted by Gasteiger charge is 2.37. The van der Waals surface area contributed by atoms with E-state index in [9.17, 15) is 4.39 Å². The van der Waals surface area contributed by atoms with Crippen molar-refractivity contribution in [1.29, 1.82) is 0 Å². The molecule has 1 aliphatic carbocycles. The maximum atomic E-state index is 13.8. The quantitative estimate of drug-likeness (QED) is 0.874. The van der Waals surface area contributed by atoms with Crippen LogP contribution < -0.4 is 5.73 Å². The van der Waals surface area contributed by atoms with Crippen LogP contribution in [0.2, 0.25) is 5.02 Å². The first-order valence-electron chi connectivity index (χ1n) is 6.19. The lowest BCUT2D eigenvalue weighted by molar-refractivity contribution is 0.292. The largest absolute Gasteiger partial charge is 0.330 e. The van der Waals surface area contributed by atoms with Crippen molar-refractivity contribution in [2.75, 3.05) is 6.54 Å². The summed E-state index contributed by atoms with van der Waals surface area (Å²) >= 11 is 6.08. The Morgan fingerprint density at radius 2 is 2.29 bits per heavy atom. The molecule has 0 bridgehead atoms. The van der Waals surface area contributed by atoms with E-state index in [2.05, 4.69) is 6.92 Å². The summed E-state index contributed by atoms with van der Waals surface area (Å²) in [4.78, 5) is 0. The topological polar surface area (TPSA) is 26.0 Å². The molecule has 2 unspecified atom stereocenters. The predicted octanol–water partition coefficient (Wildman–Crippen LogP) is 3.79. The molecule has 0 radical (unpaired) electrons. The molecule has 1 aromatic carbocycles. The van der Waals surface area contributed by atoms with Gasteiger partial charge in [0.25, 0.3) is 0 Å². The van der Waals surface area contributed by atoms with Crippen LogP contribution in [0.1, 0.15) is 31.7 Å². The van der Waals surface area contributed by atoms with E-state index in [0.29, 0.717) is 29.5 Å². The highest BCUT2D eigenvalue weighted by Crippen LogP contribution is 2.44. The highest BCUT2D eigenvalue weighted by atomic mass is 35.5. The number of benzene rings is 1. The van der Waals surface area contributed by atoms with Crippen LogP contribution in [0.4, 0.5) is 4.39 Å². The molecule has 2 N–H and O–H groups in total. The van der Waals surface area contributed by atoms with Crippen molar-refractivity contribution in [2.45, 2.75) is 32.6 Å². The van der Waals surface area contributed by atoms with Crippen LogP contribution in [0.15, 0.2) is 18.2 Å². The zero-order valence-electron chi connectivity index (χ0n) is 10.2. The number of hydrogen-bond acceptors (Lipinski definition) is 1. The summed E-state index contributed by atoms with van der Waals surface area (Å²) in [5.41, 5.74) is 6.59. The monoisotopic (exact) mass is 255 g/mol. The van der Waals surface area contributed by atoms with E-state index in [-0.39, 0.29) is 11.2 Å². The second-order valence-corrected chi connectivity index (χ2v) is 5.84. The SMILES string of the molecule is CC1CCC(CN)(Cc2c(F)cccc2Cl)C1. The van der Waals surface area contributed by atoms with Crippen LogP contribution >= 0.6 is 11.6 Å². The summed E-state index contributed by atoms with van der Waals surface area (Å²) in [5, 5.41) is 0.525. The molecular formula is C14H19ClFN. The number of rotatable bonds is 3. The van der Waals surface area contributed by atoms with Gasteiger partial charge in [-0.05, 0) is 49.3 Å². The molecule has 1 aliphatic rings. The first kappa shape index (κ1) is 12.8. The van der Waals surface area contributed by atoms with Gasteiger partial charge in [0.05, 0.1) is 0 Å².